The van der Waals surface area contributed by atoms with Gasteiger partial charge in [0.2, 0.25) is 0 Å². The second-order valence-corrected chi connectivity index (χ2v) is 4.99. The zero-order valence-electron chi connectivity index (χ0n) is 9.78. The van der Waals surface area contributed by atoms with Crippen LogP contribution in [0, 0.1) is 0 Å². The molecular formula is C9H18F3O4P. The van der Waals surface area contributed by atoms with Crippen molar-refractivity contribution in [2.75, 3.05) is 6.67 Å². The molecule has 0 amide bonds. The van der Waals surface area contributed by atoms with Crippen molar-refractivity contribution >= 4 is 7.82 Å². The lowest BCUT2D eigenvalue weighted by Gasteiger charge is -2.36. The van der Waals surface area contributed by atoms with E-state index in [4.69, 9.17) is 9.79 Å². The van der Waals surface area contributed by atoms with Crippen LogP contribution in [0.15, 0.2) is 0 Å². The van der Waals surface area contributed by atoms with E-state index in [2.05, 4.69) is 4.52 Å². The van der Waals surface area contributed by atoms with E-state index in [9.17, 15) is 17.7 Å². The Balaban J connectivity index is 5.12. The molecule has 0 spiro atoms. The Kier molecular flexibility index (Phi) is 6.69. The molecule has 3 atom stereocenters. The molecule has 8 heteroatoms. The molecule has 2 N–H and O–H groups in total. The standard InChI is InChI=1S/C9H18F3O4P/c1-3-5-9(4-2,16-17(13,14)15)8(12)7(11)6-10/h7-8H,3-6H2,1-2H3,(H2,13,14,15). The van der Waals surface area contributed by atoms with Crippen LogP contribution in [-0.4, -0.2) is 34.4 Å². The lowest BCUT2D eigenvalue weighted by molar-refractivity contribution is -0.0730. The summed E-state index contributed by atoms with van der Waals surface area (Å²) >= 11 is 0. The van der Waals surface area contributed by atoms with Gasteiger partial charge in [-0.15, -0.1) is 0 Å². The Morgan fingerprint density at radius 2 is 1.88 bits per heavy atom. The van der Waals surface area contributed by atoms with Crippen LogP contribution in [0.2, 0.25) is 0 Å². The lowest BCUT2D eigenvalue weighted by atomic mass is 9.87. The van der Waals surface area contributed by atoms with Gasteiger partial charge in [-0.05, 0) is 12.8 Å². The third kappa shape index (κ3) is 4.95. The van der Waals surface area contributed by atoms with Crippen molar-refractivity contribution in [3.63, 3.8) is 0 Å². The van der Waals surface area contributed by atoms with Crippen LogP contribution in [0.3, 0.4) is 0 Å². The summed E-state index contributed by atoms with van der Waals surface area (Å²) < 4.78 is 54.1. The van der Waals surface area contributed by atoms with E-state index in [0.29, 0.717) is 6.42 Å². The van der Waals surface area contributed by atoms with Crippen LogP contribution >= 0.6 is 7.82 Å². The molecule has 0 aromatic heterocycles. The molecule has 0 aromatic carbocycles. The Hall–Kier alpha value is -0.100. The number of rotatable bonds is 8. The van der Waals surface area contributed by atoms with Gasteiger partial charge in [-0.2, -0.15) is 0 Å². The molecular weight excluding hydrogens is 260 g/mol. The van der Waals surface area contributed by atoms with Crippen LogP contribution in [0.5, 0.6) is 0 Å². The molecule has 104 valence electrons. The van der Waals surface area contributed by atoms with E-state index in [-0.39, 0.29) is 12.8 Å². The number of phosphoric ester groups is 1. The fourth-order valence-electron chi connectivity index (χ4n) is 1.74. The first-order valence-corrected chi connectivity index (χ1v) is 6.85. The molecule has 0 radical (unpaired) electrons. The molecule has 0 aliphatic carbocycles. The van der Waals surface area contributed by atoms with E-state index in [0.717, 1.165) is 0 Å². The molecule has 0 rings (SSSR count). The van der Waals surface area contributed by atoms with Crippen molar-refractivity contribution in [1.82, 2.24) is 0 Å². The summed E-state index contributed by atoms with van der Waals surface area (Å²) in [5.41, 5.74) is -1.99. The van der Waals surface area contributed by atoms with Crippen molar-refractivity contribution < 1.29 is 32.0 Å². The van der Waals surface area contributed by atoms with Gasteiger partial charge in [0, 0.05) is 0 Å². The normalized spacial score (nSPS) is 19.7. The molecule has 0 fully saturated rings. The molecule has 3 unspecified atom stereocenters. The molecule has 0 aliphatic rings. The highest BCUT2D eigenvalue weighted by molar-refractivity contribution is 7.46. The minimum atomic E-state index is -4.97. The number of hydrogen-bond acceptors (Lipinski definition) is 2. The summed E-state index contributed by atoms with van der Waals surface area (Å²) in [5.74, 6) is 0. The molecule has 0 aromatic rings. The van der Waals surface area contributed by atoms with Crippen molar-refractivity contribution in [3.8, 4) is 0 Å². The van der Waals surface area contributed by atoms with Gasteiger partial charge in [0.25, 0.3) is 0 Å². The molecule has 17 heavy (non-hydrogen) atoms. The zero-order chi connectivity index (χ0) is 13.7. The Labute approximate surface area is 98.4 Å². The summed E-state index contributed by atoms with van der Waals surface area (Å²) in [6.07, 6.45) is -4.80. The van der Waals surface area contributed by atoms with E-state index < -0.39 is 32.4 Å². The van der Waals surface area contributed by atoms with E-state index in [1.807, 2.05) is 0 Å². The highest BCUT2D eigenvalue weighted by Crippen LogP contribution is 2.47. The van der Waals surface area contributed by atoms with Crippen molar-refractivity contribution in [1.29, 1.82) is 0 Å². The largest absolute Gasteiger partial charge is 0.470 e. The molecule has 0 saturated carbocycles. The van der Waals surface area contributed by atoms with Crippen molar-refractivity contribution in [2.45, 2.75) is 51.1 Å². The SMILES string of the molecule is CCCC(CC)(OP(=O)(O)O)C(F)C(F)CF. The second kappa shape index (κ2) is 6.73. The maximum absolute atomic E-state index is 13.8. The Bertz CT molecular complexity index is 273. The molecule has 0 saturated heterocycles. The van der Waals surface area contributed by atoms with Gasteiger partial charge in [0.1, 0.15) is 12.3 Å². The fourth-order valence-corrected chi connectivity index (χ4v) is 2.53. The summed E-state index contributed by atoms with van der Waals surface area (Å²) in [6.45, 7) is 1.48. The van der Waals surface area contributed by atoms with Gasteiger partial charge in [0.15, 0.2) is 12.3 Å². The van der Waals surface area contributed by atoms with Gasteiger partial charge in [-0.3, -0.25) is 4.52 Å². The van der Waals surface area contributed by atoms with Crippen LogP contribution in [0.4, 0.5) is 13.2 Å². The predicted molar refractivity (Wildman–Crippen MR) is 56.8 cm³/mol. The van der Waals surface area contributed by atoms with Crippen LogP contribution in [0.25, 0.3) is 0 Å². The first kappa shape index (κ1) is 16.9. The molecule has 0 heterocycles. The van der Waals surface area contributed by atoms with E-state index in [1.54, 1.807) is 6.92 Å². The molecule has 4 nitrogen and oxygen atoms in total. The summed E-state index contributed by atoms with van der Waals surface area (Å²) in [6, 6.07) is 0. The highest BCUT2D eigenvalue weighted by atomic mass is 31.2. The van der Waals surface area contributed by atoms with Crippen LogP contribution < -0.4 is 0 Å². The topological polar surface area (TPSA) is 66.8 Å². The third-order valence-corrected chi connectivity index (χ3v) is 3.14. The van der Waals surface area contributed by atoms with Gasteiger partial charge in [-0.25, -0.2) is 17.7 Å². The summed E-state index contributed by atoms with van der Waals surface area (Å²) in [7, 11) is -4.97. The first-order chi connectivity index (χ1) is 7.72. The monoisotopic (exact) mass is 278 g/mol. The fraction of sp³-hybridized carbons (Fsp3) is 1.00. The molecule has 0 bridgehead atoms. The number of halogens is 3. The highest BCUT2D eigenvalue weighted by Gasteiger charge is 2.47. The average Bonchev–Trinajstić information content (AvgIpc) is 2.24. The second-order valence-electron chi connectivity index (χ2n) is 3.82. The Morgan fingerprint density at radius 3 is 2.18 bits per heavy atom. The lowest BCUT2D eigenvalue weighted by Crippen LogP contribution is -2.47. The smallest absolute Gasteiger partial charge is 0.303 e. The van der Waals surface area contributed by atoms with Crippen LogP contribution in [-0.2, 0) is 9.09 Å². The molecule has 0 aliphatic heterocycles. The summed E-state index contributed by atoms with van der Waals surface area (Å²) in [4.78, 5) is 17.4. The number of phosphoric acid groups is 1. The maximum Gasteiger partial charge on any atom is 0.470 e. The maximum atomic E-state index is 13.8. The minimum Gasteiger partial charge on any atom is -0.303 e. The van der Waals surface area contributed by atoms with Crippen molar-refractivity contribution in [2.24, 2.45) is 0 Å². The average molecular weight is 278 g/mol. The van der Waals surface area contributed by atoms with Gasteiger partial charge in [-0.1, -0.05) is 20.3 Å². The van der Waals surface area contributed by atoms with E-state index in [1.165, 1.54) is 6.92 Å². The van der Waals surface area contributed by atoms with Gasteiger partial charge < -0.3 is 9.79 Å². The predicted octanol–water partition coefficient (Wildman–Crippen LogP) is 2.69. The van der Waals surface area contributed by atoms with E-state index >= 15 is 0 Å². The van der Waals surface area contributed by atoms with Crippen LogP contribution in [0.1, 0.15) is 33.1 Å². The number of hydrogen-bond donors (Lipinski definition) is 2. The van der Waals surface area contributed by atoms with Gasteiger partial charge in [0.05, 0.1) is 0 Å². The minimum absolute atomic E-state index is 0.101. The third-order valence-electron chi connectivity index (χ3n) is 2.54. The quantitative estimate of drug-likeness (QED) is 0.670. The summed E-state index contributed by atoms with van der Waals surface area (Å²) in [5, 5.41) is 0. The number of alkyl halides is 3. The van der Waals surface area contributed by atoms with Crippen molar-refractivity contribution in [3.05, 3.63) is 0 Å². The zero-order valence-corrected chi connectivity index (χ0v) is 10.7. The first-order valence-electron chi connectivity index (χ1n) is 5.32. The Morgan fingerprint density at radius 1 is 1.35 bits per heavy atom. The van der Waals surface area contributed by atoms with Gasteiger partial charge >= 0.3 is 7.82 Å².